The van der Waals surface area contributed by atoms with Gasteiger partial charge in [0.25, 0.3) is 0 Å². The molecule has 1 aliphatic rings. The summed E-state index contributed by atoms with van der Waals surface area (Å²) in [6, 6.07) is 0. The fourth-order valence-electron chi connectivity index (χ4n) is 2.03. The molecule has 5 heteroatoms. The van der Waals surface area contributed by atoms with E-state index in [1.165, 1.54) is 0 Å². The molecule has 2 heterocycles. The van der Waals surface area contributed by atoms with Crippen molar-refractivity contribution in [2.45, 2.75) is 26.0 Å². The summed E-state index contributed by atoms with van der Waals surface area (Å²) in [5.41, 5.74) is 0. The van der Waals surface area contributed by atoms with Crippen LogP contribution in [0.5, 0.6) is 0 Å². The van der Waals surface area contributed by atoms with Gasteiger partial charge in [0.05, 0.1) is 18.8 Å². The quantitative estimate of drug-likeness (QED) is 0.851. The molecule has 2 unspecified atom stereocenters. The minimum Gasteiger partial charge on any atom is -0.392 e. The molecule has 2 rings (SSSR count). The third-order valence-corrected chi connectivity index (χ3v) is 3.75. The molecule has 90 valence electrons. The van der Waals surface area contributed by atoms with Crippen molar-refractivity contribution in [3.63, 3.8) is 0 Å². The minimum absolute atomic E-state index is 0.218. The number of hydrogen-bond acceptors (Lipinski definition) is 3. The largest absolute Gasteiger partial charge is 0.392 e. The second-order valence-corrected chi connectivity index (χ2v) is 5.01. The summed E-state index contributed by atoms with van der Waals surface area (Å²) in [5.74, 6) is 1.35. The Morgan fingerprint density at radius 3 is 2.94 bits per heavy atom. The van der Waals surface area contributed by atoms with E-state index in [0.29, 0.717) is 11.1 Å². The molecule has 0 radical (unpaired) electrons. The van der Waals surface area contributed by atoms with E-state index in [9.17, 15) is 5.11 Å². The van der Waals surface area contributed by atoms with E-state index < -0.39 is 0 Å². The molecule has 1 aliphatic heterocycles. The Morgan fingerprint density at radius 1 is 1.62 bits per heavy atom. The summed E-state index contributed by atoms with van der Waals surface area (Å²) in [7, 11) is 1.91. The van der Waals surface area contributed by atoms with Gasteiger partial charge in [0, 0.05) is 13.6 Å². The van der Waals surface area contributed by atoms with E-state index in [4.69, 9.17) is 11.6 Å². The highest BCUT2D eigenvalue weighted by atomic mass is 35.5. The van der Waals surface area contributed by atoms with Crippen LogP contribution in [0.1, 0.15) is 19.2 Å². The predicted molar refractivity (Wildman–Crippen MR) is 63.3 cm³/mol. The van der Waals surface area contributed by atoms with Gasteiger partial charge in [-0.15, -0.1) is 0 Å². The fourth-order valence-corrected chi connectivity index (χ4v) is 2.18. The summed E-state index contributed by atoms with van der Waals surface area (Å²) < 4.78 is 1.88. The normalized spacial score (nSPS) is 27.2. The Hall–Kier alpha value is -0.580. The molecule has 0 amide bonds. The third-order valence-electron chi connectivity index (χ3n) is 3.40. The number of halogens is 1. The van der Waals surface area contributed by atoms with Gasteiger partial charge in [0.15, 0.2) is 0 Å². The minimum atomic E-state index is -0.218. The predicted octanol–water partition coefficient (Wildman–Crippen LogP) is 1.28. The number of piperidine rings is 1. The van der Waals surface area contributed by atoms with Crippen LogP contribution >= 0.6 is 11.6 Å². The van der Waals surface area contributed by atoms with Crippen molar-refractivity contribution >= 4 is 11.6 Å². The molecular weight excluding hydrogens is 226 g/mol. The first-order valence-corrected chi connectivity index (χ1v) is 6.02. The van der Waals surface area contributed by atoms with Gasteiger partial charge in [-0.05, 0) is 18.9 Å². The number of β-amino-alcohol motifs (C(OH)–C–C–N with tert-alkyl or cyclic N) is 1. The van der Waals surface area contributed by atoms with Gasteiger partial charge in [0.2, 0.25) is 0 Å². The second kappa shape index (κ2) is 4.73. The Bertz CT molecular complexity index is 366. The second-order valence-electron chi connectivity index (χ2n) is 4.62. The van der Waals surface area contributed by atoms with E-state index in [-0.39, 0.29) is 6.10 Å². The summed E-state index contributed by atoms with van der Waals surface area (Å²) in [6.45, 7) is 4.60. The van der Waals surface area contributed by atoms with Crippen LogP contribution in [0, 0.1) is 5.92 Å². The van der Waals surface area contributed by atoms with Crippen LogP contribution in [0.4, 0.5) is 0 Å². The molecule has 0 aliphatic carbocycles. The first-order chi connectivity index (χ1) is 7.58. The topological polar surface area (TPSA) is 41.3 Å². The zero-order valence-corrected chi connectivity index (χ0v) is 10.5. The van der Waals surface area contributed by atoms with E-state index in [0.717, 1.165) is 31.9 Å². The molecule has 0 bridgehead atoms. The molecule has 0 spiro atoms. The van der Waals surface area contributed by atoms with Crippen molar-refractivity contribution in [2.24, 2.45) is 13.0 Å². The SMILES string of the molecule is CC1CCN(Cc2ncc(Cl)n2C)CC1O. The van der Waals surface area contributed by atoms with Crippen LogP contribution in [-0.4, -0.2) is 38.8 Å². The van der Waals surface area contributed by atoms with Crippen molar-refractivity contribution in [1.82, 2.24) is 14.5 Å². The highest BCUT2D eigenvalue weighted by Crippen LogP contribution is 2.19. The van der Waals surface area contributed by atoms with Crippen LogP contribution in [0.25, 0.3) is 0 Å². The van der Waals surface area contributed by atoms with E-state index in [1.54, 1.807) is 6.20 Å². The lowest BCUT2D eigenvalue weighted by atomic mass is 9.96. The van der Waals surface area contributed by atoms with Crippen LogP contribution < -0.4 is 0 Å². The molecule has 1 fully saturated rings. The highest BCUT2D eigenvalue weighted by molar-refractivity contribution is 6.29. The smallest absolute Gasteiger partial charge is 0.128 e. The zero-order valence-electron chi connectivity index (χ0n) is 9.73. The average Bonchev–Trinajstić information content (AvgIpc) is 2.55. The molecule has 1 N–H and O–H groups in total. The Kier molecular flexibility index (Phi) is 3.52. The maximum atomic E-state index is 9.81. The average molecular weight is 244 g/mol. The lowest BCUT2D eigenvalue weighted by Gasteiger charge is -2.33. The zero-order chi connectivity index (χ0) is 11.7. The van der Waals surface area contributed by atoms with Crippen LogP contribution in [-0.2, 0) is 13.6 Å². The molecule has 0 saturated carbocycles. The Balaban J connectivity index is 1.98. The first kappa shape index (κ1) is 11.9. The number of likely N-dealkylation sites (tertiary alicyclic amines) is 1. The summed E-state index contributed by atoms with van der Waals surface area (Å²) in [6.07, 6.45) is 2.49. The summed E-state index contributed by atoms with van der Waals surface area (Å²) in [4.78, 5) is 6.49. The monoisotopic (exact) mass is 243 g/mol. The van der Waals surface area contributed by atoms with Crippen LogP contribution in [0.3, 0.4) is 0 Å². The molecule has 0 aromatic carbocycles. The maximum Gasteiger partial charge on any atom is 0.128 e. The fraction of sp³-hybridized carbons (Fsp3) is 0.727. The molecule has 1 saturated heterocycles. The van der Waals surface area contributed by atoms with Crippen LogP contribution in [0.15, 0.2) is 6.20 Å². The van der Waals surface area contributed by atoms with Gasteiger partial charge < -0.3 is 9.67 Å². The third kappa shape index (κ3) is 2.39. The number of aliphatic hydroxyl groups is 1. The molecule has 16 heavy (non-hydrogen) atoms. The van der Waals surface area contributed by atoms with Crippen molar-refractivity contribution in [3.05, 3.63) is 17.2 Å². The van der Waals surface area contributed by atoms with Crippen molar-refractivity contribution in [2.75, 3.05) is 13.1 Å². The number of nitrogens with zero attached hydrogens (tertiary/aromatic N) is 3. The van der Waals surface area contributed by atoms with E-state index in [2.05, 4.69) is 16.8 Å². The molecule has 2 atom stereocenters. The molecule has 1 aromatic rings. The van der Waals surface area contributed by atoms with Crippen molar-refractivity contribution in [1.29, 1.82) is 0 Å². The lowest BCUT2D eigenvalue weighted by Crippen LogP contribution is -2.42. The number of imidazole rings is 1. The molecular formula is C11H18ClN3O. The Labute approximate surface area is 101 Å². The number of aromatic nitrogens is 2. The van der Waals surface area contributed by atoms with Gasteiger partial charge in [-0.2, -0.15) is 0 Å². The standard InChI is InChI=1S/C11H18ClN3O/c1-8-3-4-15(6-9(8)16)7-11-13-5-10(12)14(11)2/h5,8-9,16H,3-4,6-7H2,1-2H3. The van der Waals surface area contributed by atoms with Gasteiger partial charge in [-0.25, -0.2) is 4.98 Å². The Morgan fingerprint density at radius 2 is 2.38 bits per heavy atom. The first-order valence-electron chi connectivity index (χ1n) is 5.64. The van der Waals surface area contributed by atoms with E-state index in [1.807, 2.05) is 11.6 Å². The molecule has 4 nitrogen and oxygen atoms in total. The van der Waals surface area contributed by atoms with Crippen molar-refractivity contribution in [3.8, 4) is 0 Å². The van der Waals surface area contributed by atoms with Gasteiger partial charge in [-0.1, -0.05) is 18.5 Å². The maximum absolute atomic E-state index is 9.81. The van der Waals surface area contributed by atoms with Crippen LogP contribution in [0.2, 0.25) is 5.15 Å². The van der Waals surface area contributed by atoms with E-state index >= 15 is 0 Å². The summed E-state index contributed by atoms with van der Waals surface area (Å²) in [5, 5.41) is 10.5. The number of hydrogen-bond donors (Lipinski definition) is 1. The molecule has 1 aromatic heterocycles. The van der Waals surface area contributed by atoms with Gasteiger partial charge in [0.1, 0.15) is 11.0 Å². The van der Waals surface area contributed by atoms with Gasteiger partial charge >= 0.3 is 0 Å². The highest BCUT2D eigenvalue weighted by Gasteiger charge is 2.24. The summed E-state index contributed by atoms with van der Waals surface area (Å²) >= 11 is 5.93. The lowest BCUT2D eigenvalue weighted by molar-refractivity contribution is 0.0246. The number of aliphatic hydroxyl groups excluding tert-OH is 1. The van der Waals surface area contributed by atoms with Gasteiger partial charge in [-0.3, -0.25) is 4.90 Å². The number of rotatable bonds is 2. The van der Waals surface area contributed by atoms with Crippen molar-refractivity contribution < 1.29 is 5.11 Å².